The largest absolute Gasteiger partial charge is 0.494 e. The first kappa shape index (κ1) is 22.4. The molecule has 0 radical (unpaired) electrons. The van der Waals surface area contributed by atoms with Crippen LogP contribution in [0.4, 0.5) is 4.39 Å². The summed E-state index contributed by atoms with van der Waals surface area (Å²) in [4.78, 5) is 0. The van der Waals surface area contributed by atoms with Crippen molar-refractivity contribution in [2.45, 2.75) is 71.6 Å². The number of hydrogen-bond donors (Lipinski definition) is 0. The van der Waals surface area contributed by atoms with Gasteiger partial charge in [-0.2, -0.15) is 0 Å². The van der Waals surface area contributed by atoms with Crippen molar-refractivity contribution in [3.8, 4) is 11.5 Å². The van der Waals surface area contributed by atoms with Gasteiger partial charge < -0.3 is 9.47 Å². The van der Waals surface area contributed by atoms with Crippen molar-refractivity contribution in [3.05, 3.63) is 48.3 Å². The number of unbranched alkanes of at least 4 members (excludes halogenated alkanes) is 7. The van der Waals surface area contributed by atoms with Crippen molar-refractivity contribution in [3.63, 3.8) is 0 Å². The van der Waals surface area contributed by atoms with Gasteiger partial charge in [0.2, 0.25) is 0 Å². The van der Waals surface area contributed by atoms with E-state index in [1.807, 2.05) is 36.4 Å². The molecule has 0 aliphatic heterocycles. The maximum absolute atomic E-state index is 15.0. The lowest BCUT2D eigenvalue weighted by atomic mass is 10.0. The Kier molecular flexibility index (Phi) is 8.80. The van der Waals surface area contributed by atoms with Gasteiger partial charge in [-0.15, -0.1) is 0 Å². The third-order valence-electron chi connectivity index (χ3n) is 5.66. The highest BCUT2D eigenvalue weighted by atomic mass is 19.1. The van der Waals surface area contributed by atoms with Crippen LogP contribution in [-0.2, 0) is 0 Å². The lowest BCUT2D eigenvalue weighted by Gasteiger charge is -2.12. The van der Waals surface area contributed by atoms with Gasteiger partial charge in [-0.3, -0.25) is 0 Å². The summed E-state index contributed by atoms with van der Waals surface area (Å²) in [6.07, 6.45) is 10.7. The number of fused-ring (bicyclic) bond motifs is 3. The van der Waals surface area contributed by atoms with Crippen molar-refractivity contribution in [1.82, 2.24) is 0 Å². The van der Waals surface area contributed by atoms with Gasteiger partial charge in [-0.25, -0.2) is 4.39 Å². The van der Waals surface area contributed by atoms with Crippen molar-refractivity contribution in [2.75, 3.05) is 13.2 Å². The van der Waals surface area contributed by atoms with Crippen LogP contribution in [0.25, 0.3) is 21.5 Å². The second-order valence-electron chi connectivity index (χ2n) is 8.09. The van der Waals surface area contributed by atoms with E-state index in [2.05, 4.69) is 13.8 Å². The smallest absolute Gasteiger partial charge is 0.172 e. The zero-order chi connectivity index (χ0) is 21.2. The highest BCUT2D eigenvalue weighted by Gasteiger charge is 2.11. The Morgan fingerprint density at radius 3 is 2.10 bits per heavy atom. The maximum Gasteiger partial charge on any atom is 0.172 e. The van der Waals surface area contributed by atoms with Crippen LogP contribution in [0, 0.1) is 5.82 Å². The predicted molar refractivity (Wildman–Crippen MR) is 125 cm³/mol. The van der Waals surface area contributed by atoms with E-state index < -0.39 is 0 Å². The topological polar surface area (TPSA) is 18.5 Å². The minimum Gasteiger partial charge on any atom is -0.494 e. The molecule has 3 aromatic carbocycles. The van der Waals surface area contributed by atoms with E-state index in [0.29, 0.717) is 17.7 Å². The summed E-state index contributed by atoms with van der Waals surface area (Å²) in [6, 6.07) is 13.6. The van der Waals surface area contributed by atoms with Gasteiger partial charge in [-0.05, 0) is 53.3 Å². The zero-order valence-electron chi connectivity index (χ0n) is 18.5. The Bertz CT molecular complexity index is 935. The molecule has 162 valence electrons. The van der Waals surface area contributed by atoms with E-state index in [1.54, 1.807) is 6.07 Å². The molecule has 3 heteroatoms. The van der Waals surface area contributed by atoms with Crippen LogP contribution in [0.1, 0.15) is 71.6 Å². The summed E-state index contributed by atoms with van der Waals surface area (Å²) in [5.41, 5.74) is 0. The van der Waals surface area contributed by atoms with Gasteiger partial charge >= 0.3 is 0 Å². The summed E-state index contributed by atoms with van der Waals surface area (Å²) in [5.74, 6) is 0.957. The van der Waals surface area contributed by atoms with Gasteiger partial charge in [0.1, 0.15) is 5.75 Å². The molecule has 0 saturated carbocycles. The van der Waals surface area contributed by atoms with Crippen LogP contribution in [0.15, 0.2) is 42.5 Å². The molecule has 3 aromatic rings. The van der Waals surface area contributed by atoms with Crippen LogP contribution in [-0.4, -0.2) is 13.2 Å². The fourth-order valence-electron chi connectivity index (χ4n) is 3.84. The molecule has 0 aliphatic carbocycles. The fraction of sp³-hybridized carbons (Fsp3) is 0.481. The van der Waals surface area contributed by atoms with E-state index in [0.717, 1.165) is 54.2 Å². The normalized spacial score (nSPS) is 11.3. The molecule has 0 aromatic heterocycles. The highest BCUT2D eigenvalue weighted by molar-refractivity contribution is 6.08. The van der Waals surface area contributed by atoms with E-state index >= 15 is 4.39 Å². The minimum absolute atomic E-state index is 0.263. The monoisotopic (exact) mass is 410 g/mol. The minimum atomic E-state index is -0.263. The molecule has 0 fully saturated rings. The van der Waals surface area contributed by atoms with Gasteiger partial charge in [0.05, 0.1) is 13.2 Å². The summed E-state index contributed by atoms with van der Waals surface area (Å²) < 4.78 is 26.6. The molecular weight excluding hydrogens is 375 g/mol. The van der Waals surface area contributed by atoms with Crippen molar-refractivity contribution in [1.29, 1.82) is 0 Å². The van der Waals surface area contributed by atoms with Gasteiger partial charge in [0, 0.05) is 5.39 Å². The molecule has 0 amide bonds. The number of benzene rings is 3. The van der Waals surface area contributed by atoms with Crippen LogP contribution in [0.3, 0.4) is 0 Å². The zero-order valence-corrected chi connectivity index (χ0v) is 18.5. The predicted octanol–water partition coefficient (Wildman–Crippen LogP) is 8.44. The van der Waals surface area contributed by atoms with E-state index in [9.17, 15) is 0 Å². The fourth-order valence-corrected chi connectivity index (χ4v) is 3.84. The Labute approximate surface area is 180 Å². The SMILES string of the molecule is CCCCCCCCCOc1ccc2c(ccc3cc(OCCCC)ccc32)c1F. The van der Waals surface area contributed by atoms with Crippen LogP contribution in [0.2, 0.25) is 0 Å². The van der Waals surface area contributed by atoms with E-state index in [1.165, 1.54) is 32.1 Å². The third kappa shape index (κ3) is 5.87. The van der Waals surface area contributed by atoms with E-state index in [-0.39, 0.29) is 5.82 Å². The second kappa shape index (κ2) is 11.8. The molecule has 0 saturated heterocycles. The van der Waals surface area contributed by atoms with Crippen molar-refractivity contribution >= 4 is 21.5 Å². The molecule has 0 bridgehead atoms. The summed E-state index contributed by atoms with van der Waals surface area (Å²) >= 11 is 0. The molecule has 0 N–H and O–H groups in total. The first-order valence-corrected chi connectivity index (χ1v) is 11.6. The Balaban J connectivity index is 1.64. The average Bonchev–Trinajstić information content (AvgIpc) is 2.76. The quantitative estimate of drug-likeness (QED) is 0.208. The average molecular weight is 411 g/mol. The van der Waals surface area contributed by atoms with Crippen molar-refractivity contribution < 1.29 is 13.9 Å². The number of halogens is 1. The molecule has 0 unspecified atom stereocenters. The van der Waals surface area contributed by atoms with Crippen LogP contribution < -0.4 is 9.47 Å². The lowest BCUT2D eigenvalue weighted by molar-refractivity contribution is 0.291. The second-order valence-corrected chi connectivity index (χ2v) is 8.09. The molecular formula is C27H35FO2. The molecule has 30 heavy (non-hydrogen) atoms. The maximum atomic E-state index is 15.0. The Hall–Kier alpha value is -2.29. The highest BCUT2D eigenvalue weighted by Crippen LogP contribution is 2.33. The van der Waals surface area contributed by atoms with Gasteiger partial charge in [0.25, 0.3) is 0 Å². The van der Waals surface area contributed by atoms with Crippen LogP contribution in [0.5, 0.6) is 11.5 Å². The van der Waals surface area contributed by atoms with Gasteiger partial charge in [0.15, 0.2) is 11.6 Å². The standard InChI is InChI=1S/C27H35FO2/c1-3-5-7-8-9-10-11-19-30-26-17-16-24-23-15-13-22(29-18-6-4-2)20-21(23)12-14-25(24)27(26)28/h12-17,20H,3-11,18-19H2,1-2H3. The van der Waals surface area contributed by atoms with E-state index in [4.69, 9.17) is 9.47 Å². The molecule has 2 nitrogen and oxygen atoms in total. The summed E-state index contributed by atoms with van der Waals surface area (Å²) in [5, 5.41) is 3.62. The molecule has 0 heterocycles. The molecule has 0 spiro atoms. The Morgan fingerprint density at radius 1 is 0.633 bits per heavy atom. The molecule has 0 aliphatic rings. The Morgan fingerprint density at radius 2 is 1.30 bits per heavy atom. The first-order valence-electron chi connectivity index (χ1n) is 11.6. The molecule has 3 rings (SSSR count). The number of hydrogen-bond acceptors (Lipinski definition) is 2. The van der Waals surface area contributed by atoms with Crippen LogP contribution >= 0.6 is 0 Å². The van der Waals surface area contributed by atoms with Gasteiger partial charge in [-0.1, -0.05) is 77.0 Å². The lowest BCUT2D eigenvalue weighted by Crippen LogP contribution is -2.00. The summed E-state index contributed by atoms with van der Waals surface area (Å²) in [7, 11) is 0. The number of rotatable bonds is 13. The summed E-state index contributed by atoms with van der Waals surface area (Å²) in [6.45, 7) is 5.68. The third-order valence-corrected chi connectivity index (χ3v) is 5.66. The number of ether oxygens (including phenoxy) is 2. The van der Waals surface area contributed by atoms with Crippen molar-refractivity contribution in [2.24, 2.45) is 0 Å². The first-order chi connectivity index (χ1) is 14.7. The molecule has 0 atom stereocenters.